The fraction of sp³-hybridized carbons (Fsp3) is 1.00. The van der Waals surface area contributed by atoms with Gasteiger partial charge in [-0.1, -0.05) is 38.5 Å². The Kier molecular flexibility index (Phi) is 12.5. The minimum absolute atomic E-state index is 0.106. The summed E-state index contributed by atoms with van der Waals surface area (Å²) in [5, 5.41) is 9.59. The van der Waals surface area contributed by atoms with Crippen LogP contribution in [-0.2, 0) is 8.85 Å². The Morgan fingerprint density at radius 3 is 2.05 bits per heavy atom. The number of aliphatic hydroxyl groups excluding tert-OH is 1. The van der Waals surface area contributed by atoms with Gasteiger partial charge in [0.15, 0.2) is 0 Å². The second-order valence-electron chi connectivity index (χ2n) is 5.31. The zero-order valence-corrected chi connectivity index (χ0v) is 14.9. The van der Waals surface area contributed by atoms with Crippen LogP contribution in [0.25, 0.3) is 0 Å². The summed E-state index contributed by atoms with van der Waals surface area (Å²) in [6, 6.07) is 1.09. The van der Waals surface area contributed by atoms with Crippen molar-refractivity contribution in [3.8, 4) is 0 Å². The van der Waals surface area contributed by atoms with E-state index in [1.165, 1.54) is 32.1 Å². The first kappa shape index (κ1) is 19.4. The molecule has 1 unspecified atom stereocenters. The first-order valence-electron chi connectivity index (χ1n) is 7.35. The van der Waals surface area contributed by atoms with Crippen molar-refractivity contribution in [1.82, 2.24) is 0 Å². The Labute approximate surface area is 124 Å². The molecule has 0 amide bonds. The summed E-state index contributed by atoms with van der Waals surface area (Å²) in [6.45, 7) is 2.13. The van der Waals surface area contributed by atoms with Crippen LogP contribution in [-0.4, -0.2) is 46.0 Å². The van der Waals surface area contributed by atoms with Crippen molar-refractivity contribution in [1.29, 1.82) is 0 Å². The number of rotatable bonds is 13. The van der Waals surface area contributed by atoms with Crippen LogP contribution in [0.1, 0.15) is 44.9 Å². The smallest absolute Gasteiger partial charge is 0.334 e. The van der Waals surface area contributed by atoms with Gasteiger partial charge in [-0.2, -0.15) is 11.8 Å². The minimum atomic E-state index is -1.83. The molecular weight excluding hydrogens is 276 g/mol. The van der Waals surface area contributed by atoms with Crippen LogP contribution in [0.15, 0.2) is 0 Å². The van der Waals surface area contributed by atoms with E-state index < -0.39 is 8.56 Å². The molecule has 0 heterocycles. The molecule has 0 fully saturated rings. The summed E-state index contributed by atoms with van der Waals surface area (Å²) in [7, 11) is 1.69. The Bertz CT molecular complexity index is 201. The van der Waals surface area contributed by atoms with Gasteiger partial charge in [-0.05, 0) is 25.3 Å². The highest BCUT2D eigenvalue weighted by atomic mass is 32.2. The van der Waals surface area contributed by atoms with Gasteiger partial charge in [0.25, 0.3) is 0 Å². The van der Waals surface area contributed by atoms with E-state index in [4.69, 9.17) is 8.85 Å². The van der Waals surface area contributed by atoms with E-state index in [9.17, 15) is 5.11 Å². The molecule has 0 aromatic carbocycles. The van der Waals surface area contributed by atoms with Crippen LogP contribution in [0.2, 0.25) is 12.6 Å². The minimum Gasteiger partial charge on any atom is -0.398 e. The molecule has 0 bridgehead atoms. The van der Waals surface area contributed by atoms with Crippen molar-refractivity contribution in [2.45, 2.75) is 63.6 Å². The van der Waals surface area contributed by atoms with Gasteiger partial charge in [-0.3, -0.25) is 0 Å². The van der Waals surface area contributed by atoms with E-state index in [2.05, 4.69) is 6.55 Å². The molecule has 3 nitrogen and oxygen atoms in total. The van der Waals surface area contributed by atoms with Gasteiger partial charge < -0.3 is 14.0 Å². The van der Waals surface area contributed by atoms with E-state index in [-0.39, 0.29) is 6.10 Å². The summed E-state index contributed by atoms with van der Waals surface area (Å²) in [4.78, 5) is 0. The lowest BCUT2D eigenvalue weighted by Crippen LogP contribution is -2.35. The number of aliphatic hydroxyl groups is 1. The molecule has 0 aliphatic heterocycles. The average molecular weight is 309 g/mol. The van der Waals surface area contributed by atoms with E-state index in [1.54, 1.807) is 26.0 Å². The summed E-state index contributed by atoms with van der Waals surface area (Å²) >= 11 is 1.72. The zero-order chi connectivity index (χ0) is 14.6. The van der Waals surface area contributed by atoms with E-state index >= 15 is 0 Å². The zero-order valence-electron chi connectivity index (χ0n) is 13.1. The summed E-state index contributed by atoms with van der Waals surface area (Å²) in [6.07, 6.45) is 10.3. The van der Waals surface area contributed by atoms with Gasteiger partial charge in [0.2, 0.25) is 0 Å². The fourth-order valence-electron chi connectivity index (χ4n) is 2.10. The van der Waals surface area contributed by atoms with Crippen molar-refractivity contribution in [3.63, 3.8) is 0 Å². The molecule has 0 aliphatic rings. The van der Waals surface area contributed by atoms with Gasteiger partial charge in [0.05, 0.1) is 6.10 Å². The highest BCUT2D eigenvalue weighted by molar-refractivity contribution is 7.98. The van der Waals surface area contributed by atoms with Crippen molar-refractivity contribution in [2.75, 3.05) is 26.2 Å². The van der Waals surface area contributed by atoms with Crippen molar-refractivity contribution in [3.05, 3.63) is 0 Å². The maximum Gasteiger partial charge on any atom is 0.334 e. The lowest BCUT2D eigenvalue weighted by molar-refractivity contribution is 0.185. The highest BCUT2D eigenvalue weighted by Crippen LogP contribution is 2.17. The van der Waals surface area contributed by atoms with E-state index in [0.717, 1.165) is 24.6 Å². The normalized spacial score (nSPS) is 13.7. The number of hydrogen-bond donors (Lipinski definition) is 1. The molecule has 0 spiro atoms. The third-order valence-electron chi connectivity index (χ3n) is 3.64. The quantitative estimate of drug-likeness (QED) is 0.415. The molecule has 19 heavy (non-hydrogen) atoms. The molecule has 0 aromatic rings. The van der Waals surface area contributed by atoms with Crippen molar-refractivity contribution < 1.29 is 14.0 Å². The van der Waals surface area contributed by atoms with Crippen molar-refractivity contribution >= 4 is 20.3 Å². The van der Waals surface area contributed by atoms with Crippen LogP contribution >= 0.6 is 11.8 Å². The van der Waals surface area contributed by atoms with Gasteiger partial charge in [0, 0.05) is 20.0 Å². The molecule has 0 aliphatic carbocycles. The third-order valence-corrected chi connectivity index (χ3v) is 7.35. The predicted molar refractivity (Wildman–Crippen MR) is 87.2 cm³/mol. The lowest BCUT2D eigenvalue weighted by Gasteiger charge is -2.22. The maximum absolute atomic E-state index is 9.59. The van der Waals surface area contributed by atoms with Gasteiger partial charge in [0.1, 0.15) is 0 Å². The standard InChI is InChI=1S/C14H32O3SSi/c1-16-19(4,17-2)12-10-8-6-5-7-9-11-14(15)13-18-3/h14-15H,5-13H2,1-4H3. The average Bonchev–Trinajstić information content (AvgIpc) is 2.41. The summed E-state index contributed by atoms with van der Waals surface area (Å²) in [5.41, 5.74) is 0. The fourth-order valence-corrected chi connectivity index (χ4v) is 4.11. The number of thioether (sulfide) groups is 1. The van der Waals surface area contributed by atoms with Gasteiger partial charge in [-0.25, -0.2) is 0 Å². The van der Waals surface area contributed by atoms with E-state index in [0.29, 0.717) is 0 Å². The third kappa shape index (κ3) is 10.8. The van der Waals surface area contributed by atoms with Crippen LogP contribution in [0.3, 0.4) is 0 Å². The Morgan fingerprint density at radius 2 is 1.53 bits per heavy atom. The van der Waals surface area contributed by atoms with Gasteiger partial charge >= 0.3 is 8.56 Å². The molecule has 1 N–H and O–H groups in total. The van der Waals surface area contributed by atoms with Crippen LogP contribution < -0.4 is 0 Å². The SMILES string of the molecule is CO[Si](C)(CCCCCCCCC(O)CSC)OC. The highest BCUT2D eigenvalue weighted by Gasteiger charge is 2.27. The first-order chi connectivity index (χ1) is 9.08. The summed E-state index contributed by atoms with van der Waals surface area (Å²) < 4.78 is 10.9. The maximum atomic E-state index is 9.59. The molecule has 5 heteroatoms. The Morgan fingerprint density at radius 1 is 1.00 bits per heavy atom. The topological polar surface area (TPSA) is 38.7 Å². The second kappa shape index (κ2) is 12.2. The molecule has 116 valence electrons. The Balaban J connectivity index is 3.32. The molecule has 0 saturated carbocycles. The summed E-state index contributed by atoms with van der Waals surface area (Å²) in [5.74, 6) is 0.872. The number of unbranched alkanes of at least 4 members (excludes halogenated alkanes) is 5. The second-order valence-corrected chi connectivity index (χ2v) is 9.81. The van der Waals surface area contributed by atoms with Gasteiger partial charge in [-0.15, -0.1) is 0 Å². The van der Waals surface area contributed by atoms with E-state index in [1.807, 2.05) is 6.26 Å². The van der Waals surface area contributed by atoms with Crippen LogP contribution in [0.5, 0.6) is 0 Å². The van der Waals surface area contributed by atoms with Crippen LogP contribution in [0.4, 0.5) is 0 Å². The monoisotopic (exact) mass is 308 g/mol. The molecule has 0 aromatic heterocycles. The van der Waals surface area contributed by atoms with Crippen molar-refractivity contribution in [2.24, 2.45) is 0 Å². The molecule has 1 atom stereocenters. The number of hydrogen-bond acceptors (Lipinski definition) is 4. The van der Waals surface area contributed by atoms with Crippen LogP contribution in [0, 0.1) is 0 Å². The predicted octanol–water partition coefficient (Wildman–Crippen LogP) is 3.81. The molecule has 0 rings (SSSR count). The Hall–Kier alpha value is 0.447. The molecule has 0 radical (unpaired) electrons. The first-order valence-corrected chi connectivity index (χ1v) is 11.3. The molecular formula is C14H32O3SSi. The lowest BCUT2D eigenvalue weighted by atomic mass is 10.1. The largest absolute Gasteiger partial charge is 0.398 e. The molecule has 0 saturated heterocycles.